The number of hydrogen-bond donors (Lipinski definition) is 2. The highest BCUT2D eigenvalue weighted by Crippen LogP contribution is 2.19. The molecule has 0 fully saturated rings. The topological polar surface area (TPSA) is 58.6 Å². The van der Waals surface area contributed by atoms with Gasteiger partial charge in [-0.15, -0.1) is 0 Å². The van der Waals surface area contributed by atoms with Gasteiger partial charge in [-0.2, -0.15) is 0 Å². The highest BCUT2D eigenvalue weighted by molar-refractivity contribution is 5.94. The van der Waals surface area contributed by atoms with Gasteiger partial charge in [0.2, 0.25) is 0 Å². The molecule has 1 atom stereocenters. The van der Waals surface area contributed by atoms with Crippen LogP contribution in [0.25, 0.3) is 0 Å². The molecule has 0 saturated carbocycles. The van der Waals surface area contributed by atoms with Crippen molar-refractivity contribution in [2.24, 2.45) is 0 Å². The van der Waals surface area contributed by atoms with E-state index in [1.165, 1.54) is 24.3 Å². The lowest BCUT2D eigenvalue weighted by atomic mass is 10.1. The van der Waals surface area contributed by atoms with E-state index in [1.54, 1.807) is 25.3 Å². The quantitative estimate of drug-likeness (QED) is 0.892. The molecule has 0 aliphatic rings. The van der Waals surface area contributed by atoms with Gasteiger partial charge in [-0.25, -0.2) is 4.39 Å². The Hall–Kier alpha value is -2.40. The van der Waals surface area contributed by atoms with E-state index in [4.69, 9.17) is 4.74 Å². The summed E-state index contributed by atoms with van der Waals surface area (Å²) < 4.78 is 18.0. The molecule has 5 heteroatoms. The Morgan fingerprint density at radius 3 is 2.59 bits per heavy atom. The van der Waals surface area contributed by atoms with Crippen molar-refractivity contribution in [1.29, 1.82) is 0 Å². The molecule has 0 aromatic heterocycles. The van der Waals surface area contributed by atoms with Gasteiger partial charge in [0, 0.05) is 12.1 Å². The minimum absolute atomic E-state index is 0.0423. The average molecular weight is 303 g/mol. The van der Waals surface area contributed by atoms with Crippen molar-refractivity contribution in [1.82, 2.24) is 5.32 Å². The summed E-state index contributed by atoms with van der Waals surface area (Å²) in [4.78, 5) is 12.1. The fraction of sp³-hybridized carbons (Fsp3) is 0.235. The number of carbonyl (C=O) groups excluding carboxylic acids is 1. The maximum Gasteiger partial charge on any atom is 0.251 e. The molecular formula is C17H18FNO3. The van der Waals surface area contributed by atoms with Crippen LogP contribution in [0.1, 0.15) is 27.6 Å². The SMILES string of the molecule is COc1cc(C(=O)NCC(O)c2ccc(F)cc2)ccc1C. The van der Waals surface area contributed by atoms with Crippen LogP contribution >= 0.6 is 0 Å². The summed E-state index contributed by atoms with van der Waals surface area (Å²) in [7, 11) is 1.54. The Morgan fingerprint density at radius 1 is 1.27 bits per heavy atom. The molecule has 2 aromatic carbocycles. The predicted octanol–water partition coefficient (Wildman–Crippen LogP) is 2.61. The van der Waals surface area contributed by atoms with E-state index in [0.717, 1.165) is 5.56 Å². The number of amides is 1. The summed E-state index contributed by atoms with van der Waals surface area (Å²) in [5, 5.41) is 12.6. The van der Waals surface area contributed by atoms with E-state index in [-0.39, 0.29) is 18.3 Å². The van der Waals surface area contributed by atoms with Crippen LogP contribution in [-0.4, -0.2) is 24.7 Å². The van der Waals surface area contributed by atoms with Crippen LogP contribution in [0.2, 0.25) is 0 Å². The Morgan fingerprint density at radius 2 is 1.95 bits per heavy atom. The Bertz CT molecular complexity index is 655. The maximum absolute atomic E-state index is 12.8. The predicted molar refractivity (Wildman–Crippen MR) is 81.4 cm³/mol. The molecule has 116 valence electrons. The Labute approximate surface area is 128 Å². The number of benzene rings is 2. The molecule has 1 amide bonds. The first kappa shape index (κ1) is 16.0. The minimum Gasteiger partial charge on any atom is -0.496 e. The normalized spacial score (nSPS) is 11.8. The molecule has 1 unspecified atom stereocenters. The number of nitrogens with one attached hydrogen (secondary N) is 1. The third kappa shape index (κ3) is 3.83. The number of methoxy groups -OCH3 is 1. The van der Waals surface area contributed by atoms with Gasteiger partial charge in [0.15, 0.2) is 0 Å². The van der Waals surface area contributed by atoms with Gasteiger partial charge in [0.1, 0.15) is 11.6 Å². The molecule has 0 spiro atoms. The van der Waals surface area contributed by atoms with Crippen LogP contribution in [0.4, 0.5) is 4.39 Å². The Balaban J connectivity index is 1.99. The minimum atomic E-state index is -0.892. The number of carbonyl (C=O) groups is 1. The lowest BCUT2D eigenvalue weighted by Gasteiger charge is -2.13. The van der Waals surface area contributed by atoms with Crippen LogP contribution in [0.3, 0.4) is 0 Å². The van der Waals surface area contributed by atoms with Crippen molar-refractivity contribution in [3.05, 3.63) is 65.0 Å². The first-order valence-electron chi connectivity index (χ1n) is 6.87. The fourth-order valence-electron chi connectivity index (χ4n) is 2.06. The summed E-state index contributed by atoms with van der Waals surface area (Å²) in [5.41, 5.74) is 1.93. The molecule has 0 bridgehead atoms. The standard InChI is InChI=1S/C17H18FNO3/c1-11-3-4-13(9-16(11)22-2)17(21)19-10-15(20)12-5-7-14(18)8-6-12/h3-9,15,20H,10H2,1-2H3,(H,19,21). The van der Waals surface area contributed by atoms with Gasteiger partial charge >= 0.3 is 0 Å². The number of halogens is 1. The van der Waals surface area contributed by atoms with Crippen molar-refractivity contribution in [2.75, 3.05) is 13.7 Å². The smallest absolute Gasteiger partial charge is 0.251 e. The van der Waals surface area contributed by atoms with Crippen molar-refractivity contribution >= 4 is 5.91 Å². The lowest BCUT2D eigenvalue weighted by Crippen LogP contribution is -2.28. The van der Waals surface area contributed by atoms with E-state index in [9.17, 15) is 14.3 Å². The van der Waals surface area contributed by atoms with Gasteiger partial charge in [-0.05, 0) is 42.3 Å². The summed E-state index contributed by atoms with van der Waals surface area (Å²) in [6.07, 6.45) is -0.892. The van der Waals surface area contributed by atoms with Crippen LogP contribution in [0.5, 0.6) is 5.75 Å². The fourth-order valence-corrected chi connectivity index (χ4v) is 2.06. The first-order valence-corrected chi connectivity index (χ1v) is 6.87. The van der Waals surface area contributed by atoms with E-state index < -0.39 is 6.10 Å². The van der Waals surface area contributed by atoms with Crippen molar-refractivity contribution < 1.29 is 19.0 Å². The van der Waals surface area contributed by atoms with E-state index in [2.05, 4.69) is 5.32 Å². The number of hydrogen-bond acceptors (Lipinski definition) is 3. The summed E-state index contributed by atoms with van der Waals surface area (Å²) in [6.45, 7) is 1.93. The molecule has 2 aromatic rings. The van der Waals surface area contributed by atoms with Gasteiger partial charge in [0.25, 0.3) is 5.91 Å². The van der Waals surface area contributed by atoms with Crippen LogP contribution in [0, 0.1) is 12.7 Å². The van der Waals surface area contributed by atoms with Crippen molar-refractivity contribution in [3.8, 4) is 5.75 Å². The molecule has 0 radical (unpaired) electrons. The summed E-state index contributed by atoms with van der Waals surface area (Å²) in [5.74, 6) is -0.0436. The number of aliphatic hydroxyl groups is 1. The number of aryl methyl sites for hydroxylation is 1. The number of ether oxygens (including phenoxy) is 1. The van der Waals surface area contributed by atoms with Gasteiger partial charge < -0.3 is 15.2 Å². The van der Waals surface area contributed by atoms with Gasteiger partial charge in [-0.3, -0.25) is 4.79 Å². The molecule has 4 nitrogen and oxygen atoms in total. The van der Waals surface area contributed by atoms with Gasteiger partial charge in [0.05, 0.1) is 13.2 Å². The summed E-state index contributed by atoms with van der Waals surface area (Å²) in [6, 6.07) is 10.6. The largest absolute Gasteiger partial charge is 0.496 e. The maximum atomic E-state index is 12.8. The summed E-state index contributed by atoms with van der Waals surface area (Å²) >= 11 is 0. The zero-order valence-corrected chi connectivity index (χ0v) is 12.5. The highest BCUT2D eigenvalue weighted by Gasteiger charge is 2.12. The molecule has 2 N–H and O–H groups in total. The molecule has 2 rings (SSSR count). The van der Waals surface area contributed by atoms with E-state index in [1.807, 2.05) is 6.92 Å². The van der Waals surface area contributed by atoms with E-state index >= 15 is 0 Å². The third-order valence-corrected chi connectivity index (χ3v) is 3.38. The average Bonchev–Trinajstić information content (AvgIpc) is 2.53. The number of aliphatic hydroxyl groups excluding tert-OH is 1. The number of rotatable bonds is 5. The molecule has 0 aliphatic carbocycles. The molecule has 22 heavy (non-hydrogen) atoms. The second-order valence-corrected chi connectivity index (χ2v) is 4.96. The van der Waals surface area contributed by atoms with Crippen molar-refractivity contribution in [3.63, 3.8) is 0 Å². The zero-order chi connectivity index (χ0) is 16.1. The van der Waals surface area contributed by atoms with E-state index in [0.29, 0.717) is 16.9 Å². The van der Waals surface area contributed by atoms with Crippen LogP contribution in [-0.2, 0) is 0 Å². The highest BCUT2D eigenvalue weighted by atomic mass is 19.1. The second kappa shape index (κ2) is 7.04. The monoisotopic (exact) mass is 303 g/mol. The van der Waals surface area contributed by atoms with Crippen molar-refractivity contribution in [2.45, 2.75) is 13.0 Å². The Kier molecular flexibility index (Phi) is 5.12. The zero-order valence-electron chi connectivity index (χ0n) is 12.5. The lowest BCUT2D eigenvalue weighted by molar-refractivity contribution is 0.0916. The molecular weight excluding hydrogens is 285 g/mol. The molecule has 0 heterocycles. The third-order valence-electron chi connectivity index (χ3n) is 3.38. The second-order valence-electron chi connectivity index (χ2n) is 4.96. The first-order chi connectivity index (χ1) is 10.5. The van der Waals surface area contributed by atoms with Gasteiger partial charge in [-0.1, -0.05) is 18.2 Å². The van der Waals surface area contributed by atoms with Crippen LogP contribution < -0.4 is 10.1 Å². The molecule has 0 saturated heterocycles. The molecule has 0 aliphatic heterocycles. The van der Waals surface area contributed by atoms with Crippen LogP contribution in [0.15, 0.2) is 42.5 Å².